The maximum absolute atomic E-state index is 11.9. The highest BCUT2D eigenvalue weighted by atomic mass is 16.6. The van der Waals surface area contributed by atoms with E-state index >= 15 is 0 Å². The summed E-state index contributed by atoms with van der Waals surface area (Å²) in [5.74, 6) is 0. The van der Waals surface area contributed by atoms with E-state index in [1.165, 1.54) is 6.07 Å². The average molecular weight is 307 g/mol. The molecule has 2 rings (SSSR count). The Hall–Kier alpha value is -2.31. The van der Waals surface area contributed by atoms with Gasteiger partial charge in [-0.1, -0.05) is 6.07 Å². The average Bonchev–Trinajstić information content (AvgIpc) is 3.16. The fraction of sp³-hybridized carbons (Fsp3) is 0.533. The van der Waals surface area contributed by atoms with Gasteiger partial charge in [0.05, 0.1) is 10.5 Å². The normalized spacial score (nSPS) is 15.8. The zero-order valence-corrected chi connectivity index (χ0v) is 13.2. The van der Waals surface area contributed by atoms with Gasteiger partial charge < -0.3 is 15.4 Å². The van der Waals surface area contributed by atoms with E-state index in [0.717, 1.165) is 18.4 Å². The Bertz CT molecular complexity index is 603. The molecular weight excluding hydrogens is 286 g/mol. The van der Waals surface area contributed by atoms with Crippen LogP contribution in [0.5, 0.6) is 0 Å². The van der Waals surface area contributed by atoms with Crippen LogP contribution in [0, 0.1) is 10.1 Å². The molecule has 0 radical (unpaired) electrons. The Morgan fingerprint density at radius 1 is 1.36 bits per heavy atom. The van der Waals surface area contributed by atoms with Crippen LogP contribution in [-0.4, -0.2) is 23.7 Å². The zero-order chi connectivity index (χ0) is 16.5. The van der Waals surface area contributed by atoms with Crippen LogP contribution >= 0.6 is 0 Å². The van der Waals surface area contributed by atoms with Crippen molar-refractivity contribution in [2.75, 3.05) is 12.4 Å². The summed E-state index contributed by atoms with van der Waals surface area (Å²) in [6.45, 7) is 5.37. The summed E-state index contributed by atoms with van der Waals surface area (Å²) in [6.07, 6.45) is 0.968. The molecule has 1 aromatic carbocycles. The number of hydrogen-bond donors (Lipinski definition) is 2. The Kier molecular flexibility index (Phi) is 4.00. The van der Waals surface area contributed by atoms with E-state index in [1.54, 1.807) is 40.0 Å². The molecule has 22 heavy (non-hydrogen) atoms. The summed E-state index contributed by atoms with van der Waals surface area (Å²) >= 11 is 0. The van der Waals surface area contributed by atoms with Gasteiger partial charge in [0.25, 0.3) is 5.69 Å². The number of nitro benzene ring substituents is 1. The summed E-state index contributed by atoms with van der Waals surface area (Å²) in [5, 5.41) is 16.8. The van der Waals surface area contributed by atoms with Gasteiger partial charge in [-0.25, -0.2) is 4.79 Å². The van der Waals surface area contributed by atoms with E-state index in [4.69, 9.17) is 4.74 Å². The molecular formula is C15H21N3O4. The van der Waals surface area contributed by atoms with Crippen molar-refractivity contribution in [2.45, 2.75) is 44.8 Å². The fourth-order valence-corrected chi connectivity index (χ4v) is 2.30. The second-order valence-corrected chi connectivity index (χ2v) is 6.45. The van der Waals surface area contributed by atoms with Crippen molar-refractivity contribution in [1.29, 1.82) is 0 Å². The lowest BCUT2D eigenvalue weighted by Crippen LogP contribution is -2.39. The third kappa shape index (κ3) is 3.47. The van der Waals surface area contributed by atoms with E-state index < -0.39 is 22.2 Å². The van der Waals surface area contributed by atoms with Gasteiger partial charge in [-0.2, -0.15) is 0 Å². The Balaban J connectivity index is 2.22. The summed E-state index contributed by atoms with van der Waals surface area (Å²) in [4.78, 5) is 22.7. The number of rotatable bonds is 4. The number of nitrogens with zero attached hydrogens (tertiary/aromatic N) is 1. The molecule has 1 aliphatic carbocycles. The minimum atomic E-state index is -0.581. The number of anilines is 1. The smallest absolute Gasteiger partial charge is 0.408 e. The van der Waals surface area contributed by atoms with Crippen molar-refractivity contribution in [3.63, 3.8) is 0 Å². The third-order valence-electron chi connectivity index (χ3n) is 3.51. The van der Waals surface area contributed by atoms with Crippen LogP contribution < -0.4 is 10.6 Å². The van der Waals surface area contributed by atoms with Crippen molar-refractivity contribution in [3.05, 3.63) is 33.9 Å². The molecule has 7 nitrogen and oxygen atoms in total. The lowest BCUT2D eigenvalue weighted by Gasteiger charge is -2.23. The molecule has 120 valence electrons. The molecule has 1 fully saturated rings. The van der Waals surface area contributed by atoms with Gasteiger partial charge in [0, 0.05) is 13.1 Å². The Morgan fingerprint density at radius 2 is 2.00 bits per heavy atom. The second-order valence-electron chi connectivity index (χ2n) is 6.45. The van der Waals surface area contributed by atoms with Crippen molar-refractivity contribution in [2.24, 2.45) is 0 Å². The SMILES string of the molecule is CNc1ccc(C2(NC(=O)OC(C)(C)C)CC2)cc1[N+](=O)[O-]. The minimum absolute atomic E-state index is 0.00253. The molecule has 1 aliphatic rings. The van der Waals surface area contributed by atoms with Crippen molar-refractivity contribution in [3.8, 4) is 0 Å². The molecule has 7 heteroatoms. The van der Waals surface area contributed by atoms with Crippen LogP contribution in [0.3, 0.4) is 0 Å². The second kappa shape index (κ2) is 5.47. The number of carbonyl (C=O) groups is 1. The lowest BCUT2D eigenvalue weighted by molar-refractivity contribution is -0.384. The van der Waals surface area contributed by atoms with Crippen LogP contribution in [0.2, 0.25) is 0 Å². The first-order chi connectivity index (χ1) is 10.2. The number of carbonyl (C=O) groups excluding carboxylic acids is 1. The largest absolute Gasteiger partial charge is 0.444 e. The first-order valence-electron chi connectivity index (χ1n) is 7.15. The van der Waals surface area contributed by atoms with Crippen molar-refractivity contribution < 1.29 is 14.5 Å². The molecule has 0 bridgehead atoms. The van der Waals surface area contributed by atoms with Gasteiger partial charge in [0.15, 0.2) is 0 Å². The van der Waals surface area contributed by atoms with E-state index in [9.17, 15) is 14.9 Å². The highest BCUT2D eigenvalue weighted by Crippen LogP contribution is 2.47. The van der Waals surface area contributed by atoms with E-state index in [1.807, 2.05) is 0 Å². The molecule has 1 saturated carbocycles. The fourth-order valence-electron chi connectivity index (χ4n) is 2.30. The number of benzene rings is 1. The molecule has 0 atom stereocenters. The van der Waals surface area contributed by atoms with Crippen LogP contribution in [0.15, 0.2) is 18.2 Å². The summed E-state index contributed by atoms with van der Waals surface area (Å²) < 4.78 is 5.26. The number of nitro groups is 1. The quantitative estimate of drug-likeness (QED) is 0.658. The number of alkyl carbamates (subject to hydrolysis) is 1. The summed E-state index contributed by atoms with van der Waals surface area (Å²) in [5.41, 5.74) is 0.0322. The monoisotopic (exact) mass is 307 g/mol. The number of hydrogen-bond acceptors (Lipinski definition) is 5. The molecule has 0 unspecified atom stereocenters. The Morgan fingerprint density at radius 3 is 2.45 bits per heavy atom. The van der Waals surface area contributed by atoms with Crippen LogP contribution in [0.25, 0.3) is 0 Å². The van der Waals surface area contributed by atoms with Crippen LogP contribution in [-0.2, 0) is 10.3 Å². The number of nitrogens with one attached hydrogen (secondary N) is 2. The lowest BCUT2D eigenvalue weighted by atomic mass is 10.0. The van der Waals surface area contributed by atoms with Gasteiger partial charge in [-0.05, 0) is 45.2 Å². The summed E-state index contributed by atoms with van der Waals surface area (Å²) in [7, 11) is 1.63. The maximum atomic E-state index is 11.9. The highest BCUT2D eigenvalue weighted by Gasteiger charge is 2.47. The van der Waals surface area contributed by atoms with E-state index in [0.29, 0.717) is 5.69 Å². The van der Waals surface area contributed by atoms with E-state index in [2.05, 4.69) is 10.6 Å². The van der Waals surface area contributed by atoms with Gasteiger partial charge in [-0.3, -0.25) is 10.1 Å². The molecule has 0 aromatic heterocycles. The first kappa shape index (κ1) is 16.1. The Labute approximate surface area is 129 Å². The maximum Gasteiger partial charge on any atom is 0.408 e. The molecule has 2 N–H and O–H groups in total. The van der Waals surface area contributed by atoms with Gasteiger partial charge in [0.2, 0.25) is 0 Å². The van der Waals surface area contributed by atoms with Gasteiger partial charge >= 0.3 is 6.09 Å². The molecule has 0 aliphatic heterocycles. The standard InChI is InChI=1S/C15H21N3O4/c1-14(2,3)22-13(19)17-15(7-8-15)10-5-6-11(16-4)12(9-10)18(20)21/h5-6,9,16H,7-8H2,1-4H3,(H,17,19). The topological polar surface area (TPSA) is 93.5 Å². The molecule has 1 aromatic rings. The first-order valence-corrected chi connectivity index (χ1v) is 7.15. The van der Waals surface area contributed by atoms with E-state index in [-0.39, 0.29) is 5.69 Å². The highest BCUT2D eigenvalue weighted by molar-refractivity contribution is 5.71. The van der Waals surface area contributed by atoms with Gasteiger partial charge in [-0.15, -0.1) is 0 Å². The number of amides is 1. The molecule has 1 amide bonds. The van der Waals surface area contributed by atoms with Crippen LogP contribution in [0.4, 0.5) is 16.2 Å². The predicted molar refractivity (Wildman–Crippen MR) is 82.9 cm³/mol. The third-order valence-corrected chi connectivity index (χ3v) is 3.51. The van der Waals surface area contributed by atoms with Gasteiger partial charge in [0.1, 0.15) is 11.3 Å². The number of ether oxygens (including phenoxy) is 1. The molecule has 0 saturated heterocycles. The zero-order valence-electron chi connectivity index (χ0n) is 13.2. The van der Waals surface area contributed by atoms with Crippen molar-refractivity contribution in [1.82, 2.24) is 5.32 Å². The van der Waals surface area contributed by atoms with Crippen LogP contribution in [0.1, 0.15) is 39.2 Å². The predicted octanol–water partition coefficient (Wildman–Crippen LogP) is 3.15. The molecule has 0 spiro atoms. The molecule has 0 heterocycles. The summed E-state index contributed by atoms with van der Waals surface area (Å²) in [6, 6.07) is 4.96. The minimum Gasteiger partial charge on any atom is -0.444 e. The van der Waals surface area contributed by atoms with Crippen molar-refractivity contribution >= 4 is 17.5 Å².